The van der Waals surface area contributed by atoms with E-state index in [2.05, 4.69) is 30.8 Å². The minimum absolute atomic E-state index is 0.473. The fourth-order valence-electron chi connectivity index (χ4n) is 1.65. The molecule has 0 aromatic carbocycles. The molecule has 94 valence electrons. The number of anilines is 2. The van der Waals surface area contributed by atoms with E-state index >= 15 is 0 Å². The highest BCUT2D eigenvalue weighted by atomic mass is 16.5. The van der Waals surface area contributed by atoms with Crippen LogP contribution in [0.1, 0.15) is 26.7 Å². The molecule has 0 amide bonds. The van der Waals surface area contributed by atoms with Crippen LogP contribution in [-0.2, 0) is 0 Å². The molecule has 1 saturated carbocycles. The quantitative estimate of drug-likeness (QED) is 0.850. The second-order valence-electron chi connectivity index (χ2n) is 5.11. The zero-order valence-electron chi connectivity index (χ0n) is 10.8. The number of hydrogen-bond acceptors (Lipinski definition) is 4. The second kappa shape index (κ2) is 4.82. The summed E-state index contributed by atoms with van der Waals surface area (Å²) in [6, 6.07) is 4.47. The molecule has 1 aliphatic rings. The van der Waals surface area contributed by atoms with Gasteiger partial charge in [-0.2, -0.15) is 4.98 Å². The van der Waals surface area contributed by atoms with Gasteiger partial charge in [0.1, 0.15) is 5.82 Å². The van der Waals surface area contributed by atoms with Gasteiger partial charge in [0, 0.05) is 13.1 Å². The molecule has 0 spiro atoms. The van der Waals surface area contributed by atoms with Gasteiger partial charge in [-0.15, -0.1) is 0 Å². The van der Waals surface area contributed by atoms with E-state index in [1.165, 1.54) is 12.8 Å². The third kappa shape index (κ3) is 3.02. The van der Waals surface area contributed by atoms with Crippen LogP contribution in [0.25, 0.3) is 0 Å². The average Bonchev–Trinajstić information content (AvgIpc) is 3.10. The molecule has 1 heterocycles. The minimum Gasteiger partial charge on any atom is -0.476 e. The number of aromatic nitrogens is 1. The van der Waals surface area contributed by atoms with E-state index in [0.717, 1.165) is 5.82 Å². The number of rotatable bonds is 5. The number of nitrogens with two attached hydrogens (primary N) is 1. The molecule has 1 fully saturated rings. The van der Waals surface area contributed by atoms with E-state index in [0.29, 0.717) is 30.1 Å². The Morgan fingerprint density at radius 3 is 2.76 bits per heavy atom. The normalized spacial score (nSPS) is 15.1. The summed E-state index contributed by atoms with van der Waals surface area (Å²) in [7, 11) is 2.07. The summed E-state index contributed by atoms with van der Waals surface area (Å²) in [5.74, 6) is 1.98. The zero-order chi connectivity index (χ0) is 12.4. The minimum atomic E-state index is 0.473. The van der Waals surface area contributed by atoms with E-state index in [9.17, 15) is 0 Å². The monoisotopic (exact) mass is 235 g/mol. The molecule has 2 rings (SSSR count). The highest BCUT2D eigenvalue weighted by Crippen LogP contribution is 2.31. The first kappa shape index (κ1) is 12.0. The lowest BCUT2D eigenvalue weighted by atomic mass is 10.2. The lowest BCUT2D eigenvalue weighted by Crippen LogP contribution is -2.21. The maximum Gasteiger partial charge on any atom is 0.239 e. The molecule has 1 aliphatic carbocycles. The van der Waals surface area contributed by atoms with Crippen LogP contribution in [0.3, 0.4) is 0 Å². The molecule has 1 aromatic heterocycles. The molecule has 4 heteroatoms. The van der Waals surface area contributed by atoms with Crippen LogP contribution >= 0.6 is 0 Å². The van der Waals surface area contributed by atoms with Crippen molar-refractivity contribution < 1.29 is 4.74 Å². The van der Waals surface area contributed by atoms with Crippen molar-refractivity contribution in [3.05, 3.63) is 12.1 Å². The number of nitrogen functional groups attached to an aromatic ring is 1. The SMILES string of the molecule is CC(C)COc1nc(N(C)C2CC2)ccc1N. The summed E-state index contributed by atoms with van der Waals surface area (Å²) in [6.45, 7) is 4.86. The first-order valence-electron chi connectivity index (χ1n) is 6.20. The van der Waals surface area contributed by atoms with Crippen molar-refractivity contribution in [3.8, 4) is 5.88 Å². The summed E-state index contributed by atoms with van der Waals surface area (Å²) in [5, 5.41) is 0. The van der Waals surface area contributed by atoms with Gasteiger partial charge >= 0.3 is 0 Å². The molecule has 1 aromatic rings. The van der Waals surface area contributed by atoms with Gasteiger partial charge in [0.05, 0.1) is 12.3 Å². The summed E-state index contributed by atoms with van der Waals surface area (Å²) < 4.78 is 5.63. The van der Waals surface area contributed by atoms with E-state index in [4.69, 9.17) is 10.5 Å². The van der Waals surface area contributed by atoms with E-state index in [1.807, 2.05) is 12.1 Å². The Hall–Kier alpha value is -1.45. The molecule has 0 radical (unpaired) electrons. The topological polar surface area (TPSA) is 51.4 Å². The third-order valence-corrected chi connectivity index (χ3v) is 2.88. The first-order valence-corrected chi connectivity index (χ1v) is 6.20. The third-order valence-electron chi connectivity index (χ3n) is 2.88. The number of ether oxygens (including phenoxy) is 1. The Bertz CT molecular complexity index is 388. The van der Waals surface area contributed by atoms with Crippen molar-refractivity contribution in [2.75, 3.05) is 24.3 Å². The lowest BCUT2D eigenvalue weighted by molar-refractivity contribution is 0.263. The lowest BCUT2D eigenvalue weighted by Gasteiger charge is -2.19. The average molecular weight is 235 g/mol. The highest BCUT2D eigenvalue weighted by Gasteiger charge is 2.27. The fraction of sp³-hybridized carbons (Fsp3) is 0.615. The van der Waals surface area contributed by atoms with Crippen LogP contribution in [-0.4, -0.2) is 24.7 Å². The molecule has 0 unspecified atom stereocenters. The summed E-state index contributed by atoms with van der Waals surface area (Å²) in [6.07, 6.45) is 2.51. The number of nitrogens with zero attached hydrogens (tertiary/aromatic N) is 2. The van der Waals surface area contributed by atoms with Crippen LogP contribution in [0.4, 0.5) is 11.5 Å². The first-order chi connectivity index (χ1) is 8.08. The van der Waals surface area contributed by atoms with Crippen molar-refractivity contribution in [3.63, 3.8) is 0 Å². The molecule has 0 atom stereocenters. The van der Waals surface area contributed by atoms with Gasteiger partial charge in [0.15, 0.2) is 0 Å². The van der Waals surface area contributed by atoms with Crippen LogP contribution in [0, 0.1) is 5.92 Å². The maximum absolute atomic E-state index is 5.86. The molecule has 17 heavy (non-hydrogen) atoms. The number of hydrogen-bond donors (Lipinski definition) is 1. The molecule has 4 nitrogen and oxygen atoms in total. The van der Waals surface area contributed by atoms with Crippen molar-refractivity contribution in [2.45, 2.75) is 32.7 Å². The van der Waals surface area contributed by atoms with Crippen LogP contribution in [0.2, 0.25) is 0 Å². The van der Waals surface area contributed by atoms with Crippen molar-refractivity contribution in [1.82, 2.24) is 4.98 Å². The largest absolute Gasteiger partial charge is 0.476 e. The van der Waals surface area contributed by atoms with Gasteiger partial charge in [0.25, 0.3) is 0 Å². The molecule has 0 bridgehead atoms. The Balaban J connectivity index is 2.10. The standard InChI is InChI=1S/C13H21N3O/c1-9(2)8-17-13-11(14)6-7-12(15-13)16(3)10-4-5-10/h6-7,9-10H,4-5,8,14H2,1-3H3. The Labute approximate surface area is 103 Å². The summed E-state index contributed by atoms with van der Waals surface area (Å²) >= 11 is 0. The van der Waals surface area contributed by atoms with Gasteiger partial charge in [0.2, 0.25) is 5.88 Å². The van der Waals surface area contributed by atoms with Crippen LogP contribution in [0.15, 0.2) is 12.1 Å². The second-order valence-corrected chi connectivity index (χ2v) is 5.11. The van der Waals surface area contributed by atoms with Gasteiger partial charge in [-0.25, -0.2) is 0 Å². The highest BCUT2D eigenvalue weighted by molar-refractivity contribution is 5.55. The molecular weight excluding hydrogens is 214 g/mol. The number of pyridine rings is 1. The predicted octanol–water partition coefficient (Wildman–Crippen LogP) is 2.30. The van der Waals surface area contributed by atoms with Gasteiger partial charge in [-0.05, 0) is 30.9 Å². The Kier molecular flexibility index (Phi) is 3.41. The van der Waals surface area contributed by atoms with E-state index in [1.54, 1.807) is 0 Å². The Morgan fingerprint density at radius 2 is 2.18 bits per heavy atom. The van der Waals surface area contributed by atoms with E-state index < -0.39 is 0 Å². The Morgan fingerprint density at radius 1 is 1.47 bits per heavy atom. The van der Waals surface area contributed by atoms with Gasteiger partial charge in [-0.1, -0.05) is 13.8 Å². The van der Waals surface area contributed by atoms with Crippen LogP contribution in [0.5, 0.6) is 5.88 Å². The summed E-state index contributed by atoms with van der Waals surface area (Å²) in [4.78, 5) is 6.68. The van der Waals surface area contributed by atoms with Gasteiger partial charge in [-0.3, -0.25) is 0 Å². The molecular formula is C13H21N3O. The predicted molar refractivity (Wildman–Crippen MR) is 70.4 cm³/mol. The molecule has 2 N–H and O–H groups in total. The smallest absolute Gasteiger partial charge is 0.239 e. The maximum atomic E-state index is 5.86. The zero-order valence-corrected chi connectivity index (χ0v) is 10.8. The molecule has 0 saturated heterocycles. The van der Waals surface area contributed by atoms with Crippen molar-refractivity contribution in [1.29, 1.82) is 0 Å². The van der Waals surface area contributed by atoms with E-state index in [-0.39, 0.29) is 0 Å². The summed E-state index contributed by atoms with van der Waals surface area (Å²) in [5.41, 5.74) is 6.47. The fourth-order valence-corrected chi connectivity index (χ4v) is 1.65. The molecule has 0 aliphatic heterocycles. The van der Waals surface area contributed by atoms with Crippen molar-refractivity contribution >= 4 is 11.5 Å². The van der Waals surface area contributed by atoms with Gasteiger partial charge < -0.3 is 15.4 Å². The van der Waals surface area contributed by atoms with Crippen LogP contribution < -0.4 is 15.4 Å². The van der Waals surface area contributed by atoms with Crippen molar-refractivity contribution in [2.24, 2.45) is 5.92 Å².